The molecule has 0 radical (unpaired) electrons. The van der Waals surface area contributed by atoms with Gasteiger partial charge in [0.2, 0.25) is 0 Å². The highest BCUT2D eigenvalue weighted by molar-refractivity contribution is 7.59. The van der Waals surface area contributed by atoms with Gasteiger partial charge in [-0.15, -0.1) is 0 Å². The first kappa shape index (κ1) is 16.4. The molecule has 0 spiro atoms. The van der Waals surface area contributed by atoms with E-state index in [1.165, 1.54) is 18.7 Å². The van der Waals surface area contributed by atoms with Crippen molar-refractivity contribution in [1.82, 2.24) is 19.5 Å². The molecule has 0 aromatic carbocycles. The van der Waals surface area contributed by atoms with Crippen molar-refractivity contribution in [3.63, 3.8) is 0 Å². The molecule has 9 heteroatoms. The van der Waals surface area contributed by atoms with Crippen LogP contribution in [0.3, 0.4) is 0 Å². The van der Waals surface area contributed by atoms with E-state index >= 15 is 0 Å². The molecule has 0 saturated carbocycles. The Kier molecular flexibility index (Phi) is 5.07. The third-order valence-corrected chi connectivity index (χ3v) is 4.91. The summed E-state index contributed by atoms with van der Waals surface area (Å²) in [5.74, 6) is 0.273. The van der Waals surface area contributed by atoms with Crippen LogP contribution in [0.25, 0.3) is 17.4 Å². The van der Waals surface area contributed by atoms with Gasteiger partial charge < -0.3 is 14.8 Å². The number of hydrogen-bond donors (Lipinski definition) is 1. The highest BCUT2D eigenvalue weighted by Gasteiger charge is 2.28. The highest BCUT2D eigenvalue weighted by atomic mass is 31.2. The van der Waals surface area contributed by atoms with Crippen LogP contribution < -0.4 is 5.73 Å². The van der Waals surface area contributed by atoms with Crippen LogP contribution in [-0.4, -0.2) is 32.7 Å². The maximum Gasteiger partial charge on any atom is 0.362 e. The smallest absolute Gasteiger partial charge is 0.362 e. The fraction of sp³-hybridized carbons (Fsp3) is 0.308. The number of aromatic nitrogens is 4. The van der Waals surface area contributed by atoms with Crippen LogP contribution in [0.15, 0.2) is 30.6 Å². The van der Waals surface area contributed by atoms with E-state index in [-0.39, 0.29) is 19.0 Å². The summed E-state index contributed by atoms with van der Waals surface area (Å²) in [5, 5.41) is 0.313. The van der Waals surface area contributed by atoms with Gasteiger partial charge in [0.15, 0.2) is 17.0 Å². The molecular weight excluding hydrogens is 305 g/mol. The molecule has 0 aliphatic carbocycles. The third kappa shape index (κ3) is 3.09. The van der Waals surface area contributed by atoms with Gasteiger partial charge in [-0.1, -0.05) is 12.7 Å². The Bertz CT molecular complexity index is 745. The monoisotopic (exact) mass is 323 g/mol. The SMILES string of the molecule is C=C/C(=C\n1cnc2c(N)ncnc21)P(=O)(OCC)OCC. The summed E-state index contributed by atoms with van der Waals surface area (Å²) in [6.45, 7) is 7.67. The van der Waals surface area contributed by atoms with Gasteiger partial charge >= 0.3 is 7.60 Å². The fourth-order valence-electron chi connectivity index (χ4n) is 1.87. The normalized spacial score (nSPS) is 12.7. The van der Waals surface area contributed by atoms with E-state index in [9.17, 15) is 4.57 Å². The molecule has 2 aromatic heterocycles. The zero-order valence-corrected chi connectivity index (χ0v) is 13.4. The van der Waals surface area contributed by atoms with Crippen LogP contribution in [0.1, 0.15) is 13.8 Å². The molecule has 0 saturated heterocycles. The minimum Gasteiger partial charge on any atom is -0.382 e. The first-order chi connectivity index (χ1) is 10.6. The predicted octanol–water partition coefficient (Wildman–Crippen LogP) is 2.66. The molecular formula is C13H18N5O3P. The Balaban J connectivity index is 2.53. The van der Waals surface area contributed by atoms with Gasteiger partial charge in [-0.25, -0.2) is 15.0 Å². The second-order valence-corrected chi connectivity index (χ2v) is 6.20. The Labute approximate surface area is 128 Å². The van der Waals surface area contributed by atoms with Crippen molar-refractivity contribution >= 4 is 30.8 Å². The molecule has 2 aromatic rings. The molecule has 22 heavy (non-hydrogen) atoms. The average molecular weight is 323 g/mol. The van der Waals surface area contributed by atoms with Crippen LogP contribution in [0.4, 0.5) is 5.82 Å². The van der Waals surface area contributed by atoms with Crippen molar-refractivity contribution in [2.75, 3.05) is 18.9 Å². The van der Waals surface area contributed by atoms with Crippen molar-refractivity contribution in [2.24, 2.45) is 0 Å². The van der Waals surface area contributed by atoms with Crippen molar-refractivity contribution in [3.8, 4) is 0 Å². The zero-order chi connectivity index (χ0) is 16.2. The van der Waals surface area contributed by atoms with E-state index in [1.807, 2.05) is 0 Å². The van der Waals surface area contributed by atoms with E-state index in [1.54, 1.807) is 24.6 Å². The quantitative estimate of drug-likeness (QED) is 0.616. The number of fused-ring (bicyclic) bond motifs is 1. The van der Waals surface area contributed by atoms with Gasteiger partial charge in [-0.05, 0) is 13.8 Å². The lowest BCUT2D eigenvalue weighted by Gasteiger charge is -2.17. The third-order valence-electron chi connectivity index (χ3n) is 2.78. The lowest BCUT2D eigenvalue weighted by molar-refractivity contribution is 0.227. The molecule has 0 bridgehead atoms. The minimum atomic E-state index is -3.44. The number of anilines is 1. The van der Waals surface area contributed by atoms with Crippen LogP contribution in [0.2, 0.25) is 0 Å². The molecule has 2 rings (SSSR count). The first-order valence-electron chi connectivity index (χ1n) is 6.72. The molecule has 2 N–H and O–H groups in total. The van der Waals surface area contributed by atoms with Crippen molar-refractivity contribution in [3.05, 3.63) is 30.6 Å². The number of allylic oxidation sites excluding steroid dienone is 2. The van der Waals surface area contributed by atoms with Crippen LogP contribution >= 0.6 is 7.60 Å². The molecule has 0 fully saturated rings. The Morgan fingerprint density at radius 3 is 2.64 bits per heavy atom. The summed E-state index contributed by atoms with van der Waals surface area (Å²) in [6.07, 6.45) is 5.83. The number of imidazole rings is 1. The number of nitrogens with zero attached hydrogens (tertiary/aromatic N) is 4. The topological polar surface area (TPSA) is 105 Å². The van der Waals surface area contributed by atoms with Gasteiger partial charge in [0.1, 0.15) is 12.7 Å². The molecule has 0 aliphatic rings. The maximum atomic E-state index is 12.8. The number of hydrogen-bond acceptors (Lipinski definition) is 7. The van der Waals surface area contributed by atoms with E-state index < -0.39 is 7.60 Å². The summed E-state index contributed by atoms with van der Waals surface area (Å²) in [5.41, 5.74) is 6.70. The van der Waals surface area contributed by atoms with Gasteiger partial charge in [0.05, 0.1) is 18.5 Å². The molecule has 0 atom stereocenters. The summed E-state index contributed by atoms with van der Waals surface area (Å²) in [7, 11) is -3.44. The zero-order valence-electron chi connectivity index (χ0n) is 12.5. The molecule has 0 unspecified atom stereocenters. The van der Waals surface area contributed by atoms with E-state index in [4.69, 9.17) is 14.8 Å². The van der Waals surface area contributed by atoms with Gasteiger partial charge in [-0.3, -0.25) is 9.13 Å². The summed E-state index contributed by atoms with van der Waals surface area (Å²) in [4.78, 5) is 12.1. The maximum absolute atomic E-state index is 12.8. The van der Waals surface area contributed by atoms with Gasteiger partial charge in [-0.2, -0.15) is 0 Å². The lowest BCUT2D eigenvalue weighted by atomic mass is 10.5. The molecule has 8 nitrogen and oxygen atoms in total. The second-order valence-electron chi connectivity index (χ2n) is 4.17. The summed E-state index contributed by atoms with van der Waals surface area (Å²) in [6, 6.07) is 0. The summed E-state index contributed by atoms with van der Waals surface area (Å²) < 4.78 is 25.0. The lowest BCUT2D eigenvalue weighted by Crippen LogP contribution is -1.99. The Morgan fingerprint density at radius 2 is 2.05 bits per heavy atom. The first-order valence-corrected chi connectivity index (χ1v) is 8.27. The Morgan fingerprint density at radius 1 is 1.36 bits per heavy atom. The summed E-state index contributed by atoms with van der Waals surface area (Å²) >= 11 is 0. The second kappa shape index (κ2) is 6.83. The van der Waals surface area contributed by atoms with Crippen LogP contribution in [0, 0.1) is 0 Å². The average Bonchev–Trinajstić information content (AvgIpc) is 2.89. The van der Waals surface area contributed by atoms with E-state index in [0.717, 1.165) is 0 Å². The molecule has 0 amide bonds. The standard InChI is InChI=1S/C13H18N5O3P/c1-4-10(22(19,20-5-2)21-6-3)7-18-9-17-11-12(14)15-8-16-13(11)18/h4,7-9H,1,5-6H2,2-3H3,(H2,14,15,16)/b10-7+. The largest absolute Gasteiger partial charge is 0.382 e. The highest BCUT2D eigenvalue weighted by Crippen LogP contribution is 2.56. The molecule has 0 aliphatic heterocycles. The van der Waals surface area contributed by atoms with Crippen molar-refractivity contribution in [2.45, 2.75) is 13.8 Å². The number of nitrogen functional groups attached to an aromatic ring is 1. The van der Waals surface area contributed by atoms with Gasteiger partial charge in [0, 0.05) is 6.20 Å². The van der Waals surface area contributed by atoms with E-state index in [2.05, 4.69) is 21.5 Å². The van der Waals surface area contributed by atoms with Gasteiger partial charge in [0.25, 0.3) is 0 Å². The van der Waals surface area contributed by atoms with Crippen LogP contribution in [-0.2, 0) is 13.6 Å². The Hall–Kier alpha value is -2.02. The minimum absolute atomic E-state index is 0.252. The molecule has 118 valence electrons. The number of rotatable bonds is 7. The van der Waals surface area contributed by atoms with E-state index in [0.29, 0.717) is 16.5 Å². The fourth-order valence-corrected chi connectivity index (χ4v) is 3.41. The molecule has 2 heterocycles. The van der Waals surface area contributed by atoms with Crippen LogP contribution in [0.5, 0.6) is 0 Å². The number of nitrogens with two attached hydrogens (primary N) is 1. The predicted molar refractivity (Wildman–Crippen MR) is 85.1 cm³/mol. The van der Waals surface area contributed by atoms with Crippen molar-refractivity contribution < 1.29 is 13.6 Å². The van der Waals surface area contributed by atoms with Crippen molar-refractivity contribution in [1.29, 1.82) is 0 Å².